The van der Waals surface area contributed by atoms with Gasteiger partial charge in [-0.3, -0.25) is 9.59 Å². The minimum atomic E-state index is -0.0254. The molecule has 0 radical (unpaired) electrons. The smallest absolute Gasteiger partial charge is 0.253 e. The third-order valence-electron chi connectivity index (χ3n) is 4.21. The maximum atomic E-state index is 12.4. The summed E-state index contributed by atoms with van der Waals surface area (Å²) < 4.78 is 0.956. The summed E-state index contributed by atoms with van der Waals surface area (Å²) in [4.78, 5) is 28.4. The van der Waals surface area contributed by atoms with Gasteiger partial charge >= 0.3 is 0 Å². The molecule has 0 unspecified atom stereocenters. The zero-order chi connectivity index (χ0) is 17.6. The summed E-state index contributed by atoms with van der Waals surface area (Å²) in [6.07, 6.45) is 3.41. The maximum Gasteiger partial charge on any atom is 0.253 e. The fourth-order valence-corrected chi connectivity index (χ4v) is 3.19. The Balaban J connectivity index is 1.56. The molecule has 1 saturated heterocycles. The Bertz CT molecular complexity index is 781. The number of amides is 2. The Kier molecular flexibility index (Phi) is 5.66. The highest BCUT2D eigenvalue weighted by atomic mass is 79.9. The Morgan fingerprint density at radius 3 is 2.12 bits per heavy atom. The van der Waals surface area contributed by atoms with E-state index >= 15 is 0 Å². The lowest BCUT2D eigenvalue weighted by atomic mass is 10.1. The van der Waals surface area contributed by atoms with Gasteiger partial charge in [-0.15, -0.1) is 0 Å². The van der Waals surface area contributed by atoms with Crippen LogP contribution in [0.4, 0.5) is 0 Å². The van der Waals surface area contributed by atoms with E-state index in [-0.39, 0.29) is 11.8 Å². The lowest BCUT2D eigenvalue weighted by molar-refractivity contribution is -0.127. The first-order valence-corrected chi connectivity index (χ1v) is 9.00. The molecule has 0 bridgehead atoms. The molecule has 0 atom stereocenters. The predicted molar refractivity (Wildman–Crippen MR) is 102 cm³/mol. The Morgan fingerprint density at radius 2 is 1.44 bits per heavy atom. The van der Waals surface area contributed by atoms with Crippen molar-refractivity contribution in [2.45, 2.75) is 0 Å². The summed E-state index contributed by atoms with van der Waals surface area (Å²) in [5.41, 5.74) is 1.66. The van der Waals surface area contributed by atoms with Crippen molar-refractivity contribution in [2.24, 2.45) is 0 Å². The SMILES string of the molecule is O=C(/C=C/c1ccccc1Br)N1CCN(C(=O)c2ccccc2)CC1. The Labute approximate surface area is 155 Å². The van der Waals surface area contributed by atoms with Crippen LogP contribution in [-0.2, 0) is 4.79 Å². The first kappa shape index (κ1) is 17.4. The second-order valence-electron chi connectivity index (χ2n) is 5.84. The highest BCUT2D eigenvalue weighted by Crippen LogP contribution is 2.17. The molecule has 0 saturated carbocycles. The van der Waals surface area contributed by atoms with E-state index in [2.05, 4.69) is 15.9 Å². The zero-order valence-corrected chi connectivity index (χ0v) is 15.4. The van der Waals surface area contributed by atoms with E-state index in [0.717, 1.165) is 10.0 Å². The molecule has 128 valence electrons. The summed E-state index contributed by atoms with van der Waals surface area (Å²) in [6.45, 7) is 2.22. The number of benzene rings is 2. The molecule has 4 nitrogen and oxygen atoms in total. The van der Waals surface area contributed by atoms with Gasteiger partial charge in [0.15, 0.2) is 0 Å². The Morgan fingerprint density at radius 1 is 0.840 bits per heavy atom. The number of piperazine rings is 1. The largest absolute Gasteiger partial charge is 0.336 e. The molecule has 1 fully saturated rings. The van der Waals surface area contributed by atoms with Crippen LogP contribution in [0.15, 0.2) is 65.1 Å². The molecule has 1 aliphatic heterocycles. The van der Waals surface area contributed by atoms with Crippen molar-refractivity contribution in [3.8, 4) is 0 Å². The molecule has 25 heavy (non-hydrogen) atoms. The van der Waals surface area contributed by atoms with E-state index in [0.29, 0.717) is 31.7 Å². The fraction of sp³-hybridized carbons (Fsp3) is 0.200. The van der Waals surface area contributed by atoms with Gasteiger partial charge in [-0.05, 0) is 29.8 Å². The summed E-state index contributed by atoms with van der Waals surface area (Å²) in [6, 6.07) is 17.0. The van der Waals surface area contributed by atoms with Crippen LogP contribution in [0.5, 0.6) is 0 Å². The summed E-state index contributed by atoms with van der Waals surface area (Å²) in [5, 5.41) is 0. The second-order valence-corrected chi connectivity index (χ2v) is 6.69. The summed E-state index contributed by atoms with van der Waals surface area (Å²) in [7, 11) is 0. The molecule has 0 spiro atoms. The number of hydrogen-bond donors (Lipinski definition) is 0. The van der Waals surface area contributed by atoms with Gasteiger partial charge in [0.1, 0.15) is 0 Å². The first-order valence-electron chi connectivity index (χ1n) is 8.21. The topological polar surface area (TPSA) is 40.6 Å². The Hall–Kier alpha value is -2.40. The van der Waals surface area contributed by atoms with Gasteiger partial charge in [0.2, 0.25) is 5.91 Å². The predicted octanol–water partition coefficient (Wildman–Crippen LogP) is 3.45. The van der Waals surface area contributed by atoms with Crippen molar-refractivity contribution < 1.29 is 9.59 Å². The second kappa shape index (κ2) is 8.12. The molecule has 2 amide bonds. The molecular formula is C20H19BrN2O2. The van der Waals surface area contributed by atoms with E-state index in [9.17, 15) is 9.59 Å². The zero-order valence-electron chi connectivity index (χ0n) is 13.8. The van der Waals surface area contributed by atoms with Crippen LogP contribution in [0, 0.1) is 0 Å². The quantitative estimate of drug-likeness (QED) is 0.742. The van der Waals surface area contributed by atoms with Crippen molar-refractivity contribution >= 4 is 33.8 Å². The molecule has 1 aliphatic rings. The number of carbonyl (C=O) groups excluding carboxylic acids is 2. The van der Waals surface area contributed by atoms with Crippen molar-refractivity contribution in [1.82, 2.24) is 9.80 Å². The van der Waals surface area contributed by atoms with E-state index in [4.69, 9.17) is 0 Å². The average Bonchev–Trinajstić information content (AvgIpc) is 2.67. The highest BCUT2D eigenvalue weighted by Gasteiger charge is 2.23. The third kappa shape index (κ3) is 4.37. The molecule has 5 heteroatoms. The van der Waals surface area contributed by atoms with Crippen molar-refractivity contribution in [3.05, 3.63) is 76.3 Å². The van der Waals surface area contributed by atoms with Gasteiger partial charge in [0.25, 0.3) is 5.91 Å². The van der Waals surface area contributed by atoms with Gasteiger partial charge in [0.05, 0.1) is 0 Å². The van der Waals surface area contributed by atoms with Crippen LogP contribution in [0.3, 0.4) is 0 Å². The molecule has 0 aliphatic carbocycles. The fourth-order valence-electron chi connectivity index (χ4n) is 2.77. The van der Waals surface area contributed by atoms with Crippen LogP contribution in [0.1, 0.15) is 15.9 Å². The van der Waals surface area contributed by atoms with Gasteiger partial charge in [-0.2, -0.15) is 0 Å². The molecule has 0 aromatic heterocycles. The lowest BCUT2D eigenvalue weighted by Crippen LogP contribution is -2.50. The summed E-state index contributed by atoms with van der Waals surface area (Å²) in [5.74, 6) is -0.000907. The standard InChI is InChI=1S/C20H19BrN2O2/c21-18-9-5-4-6-16(18)10-11-19(24)22-12-14-23(15-13-22)20(25)17-7-2-1-3-8-17/h1-11H,12-15H2/b11-10+. The van der Waals surface area contributed by atoms with Crippen molar-refractivity contribution in [3.63, 3.8) is 0 Å². The lowest BCUT2D eigenvalue weighted by Gasteiger charge is -2.34. The highest BCUT2D eigenvalue weighted by molar-refractivity contribution is 9.10. The molecule has 1 heterocycles. The van der Waals surface area contributed by atoms with E-state index in [1.54, 1.807) is 15.9 Å². The molecule has 2 aromatic carbocycles. The minimum Gasteiger partial charge on any atom is -0.336 e. The summed E-state index contributed by atoms with van der Waals surface area (Å²) >= 11 is 3.47. The number of halogens is 1. The van der Waals surface area contributed by atoms with Crippen LogP contribution in [0.2, 0.25) is 0 Å². The first-order chi connectivity index (χ1) is 12.1. The number of hydrogen-bond acceptors (Lipinski definition) is 2. The average molecular weight is 399 g/mol. The van der Waals surface area contributed by atoms with Crippen molar-refractivity contribution in [1.29, 1.82) is 0 Å². The minimum absolute atomic E-state index is 0.0245. The van der Waals surface area contributed by atoms with E-state index in [1.807, 2.05) is 60.7 Å². The van der Waals surface area contributed by atoms with Crippen LogP contribution >= 0.6 is 15.9 Å². The van der Waals surface area contributed by atoms with E-state index < -0.39 is 0 Å². The van der Waals surface area contributed by atoms with Crippen LogP contribution < -0.4 is 0 Å². The van der Waals surface area contributed by atoms with Crippen LogP contribution in [0.25, 0.3) is 6.08 Å². The third-order valence-corrected chi connectivity index (χ3v) is 4.93. The number of nitrogens with zero attached hydrogens (tertiary/aromatic N) is 2. The van der Waals surface area contributed by atoms with Gasteiger partial charge < -0.3 is 9.80 Å². The van der Waals surface area contributed by atoms with Gasteiger partial charge in [-0.25, -0.2) is 0 Å². The molecule has 2 aromatic rings. The van der Waals surface area contributed by atoms with E-state index in [1.165, 1.54) is 0 Å². The van der Waals surface area contributed by atoms with Crippen molar-refractivity contribution in [2.75, 3.05) is 26.2 Å². The monoisotopic (exact) mass is 398 g/mol. The number of rotatable bonds is 3. The molecule has 3 rings (SSSR count). The van der Waals surface area contributed by atoms with Gasteiger partial charge in [-0.1, -0.05) is 52.3 Å². The molecular weight excluding hydrogens is 380 g/mol. The van der Waals surface area contributed by atoms with Gasteiger partial charge in [0, 0.05) is 42.3 Å². The maximum absolute atomic E-state index is 12.4. The normalized spacial score (nSPS) is 14.8. The van der Waals surface area contributed by atoms with Crippen LogP contribution in [-0.4, -0.2) is 47.8 Å². The molecule has 0 N–H and O–H groups in total. The number of carbonyl (C=O) groups is 2.